The van der Waals surface area contributed by atoms with E-state index in [1.807, 2.05) is 12.1 Å². The zero-order valence-corrected chi connectivity index (χ0v) is 17.5. The lowest BCUT2D eigenvalue weighted by Crippen LogP contribution is -2.49. The van der Waals surface area contributed by atoms with Crippen molar-refractivity contribution in [3.8, 4) is 11.4 Å². The van der Waals surface area contributed by atoms with Gasteiger partial charge in [-0.25, -0.2) is 0 Å². The molecule has 1 saturated heterocycles. The molecule has 0 bridgehead atoms. The third kappa shape index (κ3) is 5.18. The maximum Gasteiger partial charge on any atom is 0.226 e. The van der Waals surface area contributed by atoms with E-state index in [4.69, 9.17) is 25.6 Å². The van der Waals surface area contributed by atoms with Crippen LogP contribution in [0.2, 0.25) is 5.02 Å². The lowest BCUT2D eigenvalue weighted by atomic mass is 9.81. The van der Waals surface area contributed by atoms with Gasteiger partial charge in [0.15, 0.2) is 5.79 Å². The molecular weight excluding hydrogens is 410 g/mol. The fourth-order valence-corrected chi connectivity index (χ4v) is 4.01. The zero-order chi connectivity index (χ0) is 21.0. The summed E-state index contributed by atoms with van der Waals surface area (Å²) in [6, 6.07) is 7.19. The van der Waals surface area contributed by atoms with Crippen molar-refractivity contribution in [2.75, 3.05) is 19.8 Å². The highest BCUT2D eigenvalue weighted by atomic mass is 35.5. The number of nitrogens with one attached hydrogen (secondary N) is 1. The normalized spacial score (nSPS) is 19.8. The maximum atomic E-state index is 12.2. The second kappa shape index (κ2) is 9.01. The van der Waals surface area contributed by atoms with E-state index in [9.17, 15) is 9.90 Å². The van der Waals surface area contributed by atoms with Crippen molar-refractivity contribution in [3.63, 3.8) is 0 Å². The van der Waals surface area contributed by atoms with E-state index >= 15 is 0 Å². The number of aliphatic hydroxyl groups is 1. The highest BCUT2D eigenvalue weighted by molar-refractivity contribution is 6.30. The molecule has 8 nitrogen and oxygen atoms in total. The number of carbonyl (C=O) groups excluding carboxylic acids is 1. The van der Waals surface area contributed by atoms with Crippen LogP contribution < -0.4 is 5.32 Å². The molecule has 162 valence electrons. The second-order valence-corrected chi connectivity index (χ2v) is 8.42. The Kier molecular flexibility index (Phi) is 6.38. The smallest absolute Gasteiger partial charge is 0.226 e. The molecule has 9 heteroatoms. The lowest BCUT2D eigenvalue weighted by Gasteiger charge is -2.40. The Bertz CT molecular complexity index is 854. The van der Waals surface area contributed by atoms with E-state index in [1.165, 1.54) is 0 Å². The summed E-state index contributed by atoms with van der Waals surface area (Å²) in [7, 11) is 0. The number of nitrogens with zero attached hydrogens (tertiary/aromatic N) is 2. The molecule has 1 aromatic carbocycles. The molecule has 1 amide bonds. The Morgan fingerprint density at radius 1 is 1.13 bits per heavy atom. The molecular formula is C21H26ClN3O5. The van der Waals surface area contributed by atoms with Gasteiger partial charge >= 0.3 is 0 Å². The predicted octanol–water partition coefficient (Wildman–Crippen LogP) is 2.88. The van der Waals surface area contributed by atoms with Gasteiger partial charge in [0.05, 0.1) is 18.8 Å². The molecule has 0 unspecified atom stereocenters. The van der Waals surface area contributed by atoms with E-state index in [-0.39, 0.29) is 12.5 Å². The van der Waals surface area contributed by atoms with Crippen molar-refractivity contribution in [1.82, 2.24) is 15.5 Å². The minimum atomic E-state index is -0.907. The van der Waals surface area contributed by atoms with Crippen molar-refractivity contribution in [2.24, 2.45) is 0 Å². The molecule has 30 heavy (non-hydrogen) atoms. The minimum Gasteiger partial charge on any atom is -0.388 e. The summed E-state index contributed by atoms with van der Waals surface area (Å²) in [6.07, 6.45) is 3.79. The lowest BCUT2D eigenvalue weighted by molar-refractivity contribution is -0.201. The van der Waals surface area contributed by atoms with E-state index in [2.05, 4.69) is 15.5 Å². The van der Waals surface area contributed by atoms with Crippen LogP contribution in [0.4, 0.5) is 0 Å². The van der Waals surface area contributed by atoms with Crippen LogP contribution in [0.15, 0.2) is 28.8 Å². The van der Waals surface area contributed by atoms with Gasteiger partial charge in [0.2, 0.25) is 17.6 Å². The standard InChI is InChI=1S/C21H26ClN3O5/c22-16-6-4-15(5-7-16)19-24-18(30-25-19)3-1-2-17(26)23-14-20(27)8-10-21(11-9-20)28-12-13-29-21/h4-7,27H,1-3,8-14H2,(H,23,26). The minimum absolute atomic E-state index is 0.102. The molecule has 2 N–H and O–H groups in total. The number of rotatable bonds is 7. The summed E-state index contributed by atoms with van der Waals surface area (Å²) in [5, 5.41) is 18.2. The Morgan fingerprint density at radius 2 is 1.83 bits per heavy atom. The van der Waals surface area contributed by atoms with Crippen molar-refractivity contribution in [3.05, 3.63) is 35.2 Å². The molecule has 1 spiro atoms. The summed E-state index contributed by atoms with van der Waals surface area (Å²) in [4.78, 5) is 16.5. The molecule has 1 aromatic heterocycles. The number of halogens is 1. The Labute approximate surface area is 179 Å². The quantitative estimate of drug-likeness (QED) is 0.688. The average molecular weight is 436 g/mol. The van der Waals surface area contributed by atoms with Gasteiger partial charge in [-0.1, -0.05) is 16.8 Å². The number of ether oxygens (including phenoxy) is 2. The first-order valence-corrected chi connectivity index (χ1v) is 10.7. The summed E-state index contributed by atoms with van der Waals surface area (Å²) in [6.45, 7) is 1.45. The molecule has 2 aliphatic rings. The molecule has 1 aliphatic heterocycles. The van der Waals surface area contributed by atoms with Gasteiger partial charge in [-0.05, 0) is 43.5 Å². The first-order valence-electron chi connectivity index (χ1n) is 10.3. The van der Waals surface area contributed by atoms with Crippen LogP contribution in [0.25, 0.3) is 11.4 Å². The summed E-state index contributed by atoms with van der Waals surface area (Å²) >= 11 is 5.89. The zero-order valence-electron chi connectivity index (χ0n) is 16.7. The molecule has 2 heterocycles. The average Bonchev–Trinajstić information content (AvgIpc) is 3.40. The van der Waals surface area contributed by atoms with Gasteiger partial charge in [-0.2, -0.15) is 4.98 Å². The topological polar surface area (TPSA) is 107 Å². The van der Waals surface area contributed by atoms with E-state index in [1.54, 1.807) is 12.1 Å². The van der Waals surface area contributed by atoms with Crippen LogP contribution in [0, 0.1) is 0 Å². The fraction of sp³-hybridized carbons (Fsp3) is 0.571. The van der Waals surface area contributed by atoms with Gasteiger partial charge in [-0.3, -0.25) is 4.79 Å². The number of aryl methyl sites for hydroxylation is 1. The highest BCUT2D eigenvalue weighted by Crippen LogP contribution is 2.39. The van der Waals surface area contributed by atoms with Crippen molar-refractivity contribution >= 4 is 17.5 Å². The Hall–Kier alpha value is -2.00. The predicted molar refractivity (Wildman–Crippen MR) is 109 cm³/mol. The number of hydrogen-bond acceptors (Lipinski definition) is 7. The van der Waals surface area contributed by atoms with Crippen LogP contribution >= 0.6 is 11.6 Å². The molecule has 2 aromatic rings. The van der Waals surface area contributed by atoms with E-state index in [0.29, 0.717) is 74.9 Å². The van der Waals surface area contributed by atoms with E-state index in [0.717, 1.165) is 5.56 Å². The third-order valence-corrected chi connectivity index (χ3v) is 5.99. The van der Waals surface area contributed by atoms with Gasteiger partial charge < -0.3 is 24.4 Å². The summed E-state index contributed by atoms with van der Waals surface area (Å²) in [5.41, 5.74) is -0.0843. The van der Waals surface area contributed by atoms with Crippen molar-refractivity contribution in [2.45, 2.75) is 56.3 Å². The fourth-order valence-electron chi connectivity index (χ4n) is 3.88. The number of amides is 1. The summed E-state index contributed by atoms with van der Waals surface area (Å²) < 4.78 is 16.6. The maximum absolute atomic E-state index is 12.2. The Morgan fingerprint density at radius 3 is 2.53 bits per heavy atom. The molecule has 4 rings (SSSR count). The first kappa shape index (κ1) is 21.2. The van der Waals surface area contributed by atoms with Gasteiger partial charge in [0.1, 0.15) is 0 Å². The van der Waals surface area contributed by atoms with Crippen molar-refractivity contribution in [1.29, 1.82) is 0 Å². The van der Waals surface area contributed by atoms with Gasteiger partial charge in [0.25, 0.3) is 0 Å². The molecule has 0 radical (unpaired) electrons. The van der Waals surface area contributed by atoms with Crippen LogP contribution in [-0.4, -0.2) is 52.3 Å². The largest absolute Gasteiger partial charge is 0.388 e. The van der Waals surface area contributed by atoms with Crippen LogP contribution in [0.3, 0.4) is 0 Å². The summed E-state index contributed by atoms with van der Waals surface area (Å²) in [5.74, 6) is 0.360. The monoisotopic (exact) mass is 435 g/mol. The molecule has 0 atom stereocenters. The number of aromatic nitrogens is 2. The molecule has 1 saturated carbocycles. The second-order valence-electron chi connectivity index (χ2n) is 7.98. The van der Waals surface area contributed by atoms with Gasteiger partial charge in [-0.15, -0.1) is 0 Å². The number of carbonyl (C=O) groups is 1. The molecule has 2 fully saturated rings. The van der Waals surface area contributed by atoms with Crippen LogP contribution in [-0.2, 0) is 20.7 Å². The molecule has 1 aliphatic carbocycles. The first-order chi connectivity index (χ1) is 14.5. The third-order valence-electron chi connectivity index (χ3n) is 5.74. The van der Waals surface area contributed by atoms with Gasteiger partial charge in [0, 0.05) is 42.8 Å². The van der Waals surface area contributed by atoms with E-state index < -0.39 is 11.4 Å². The SMILES string of the molecule is O=C(CCCc1nc(-c2ccc(Cl)cc2)no1)NCC1(O)CCC2(CC1)OCCO2. The number of hydrogen-bond donors (Lipinski definition) is 2. The Balaban J connectivity index is 1.17. The van der Waals surface area contributed by atoms with Crippen LogP contribution in [0.5, 0.6) is 0 Å². The van der Waals surface area contributed by atoms with Crippen LogP contribution in [0.1, 0.15) is 44.4 Å². The highest BCUT2D eigenvalue weighted by Gasteiger charge is 2.45. The van der Waals surface area contributed by atoms with Crippen molar-refractivity contribution < 1.29 is 23.9 Å². The number of benzene rings is 1.